The third-order valence-corrected chi connectivity index (χ3v) is 4.08. The molecule has 0 radical (unpaired) electrons. The first-order valence-electron chi connectivity index (χ1n) is 7.23. The maximum absolute atomic E-state index is 12.4. The summed E-state index contributed by atoms with van der Waals surface area (Å²) in [5.41, 5.74) is 1.84. The van der Waals surface area contributed by atoms with Crippen LogP contribution in [-0.4, -0.2) is 48.4 Å². The van der Waals surface area contributed by atoms with Crippen molar-refractivity contribution in [1.82, 2.24) is 9.80 Å². The number of nitrogens with zero attached hydrogens (tertiary/aromatic N) is 2. The molecule has 2 heterocycles. The number of piperazine rings is 1. The molecule has 0 bridgehead atoms. The molecule has 0 N–H and O–H groups in total. The van der Waals surface area contributed by atoms with E-state index in [2.05, 4.69) is 11.8 Å². The zero-order valence-corrected chi connectivity index (χ0v) is 11.8. The standard InChI is InChI=1S/C16H20N2O2/c1-2-17-7-9-18(10-8-17)16(19)11-13-12-20-15-6-4-3-5-14(13)15/h3-6,12H,2,7-11H2,1H3. The Morgan fingerprint density at radius 3 is 2.70 bits per heavy atom. The normalized spacial score (nSPS) is 16.8. The Hall–Kier alpha value is -1.81. The van der Waals surface area contributed by atoms with E-state index in [9.17, 15) is 4.79 Å². The number of rotatable bonds is 3. The van der Waals surface area contributed by atoms with E-state index in [1.54, 1.807) is 6.26 Å². The Morgan fingerprint density at radius 1 is 1.20 bits per heavy atom. The van der Waals surface area contributed by atoms with Gasteiger partial charge >= 0.3 is 0 Å². The number of carbonyl (C=O) groups is 1. The molecule has 4 heteroatoms. The van der Waals surface area contributed by atoms with Crippen LogP contribution in [0.1, 0.15) is 12.5 Å². The SMILES string of the molecule is CCN1CCN(C(=O)Cc2coc3ccccc23)CC1. The lowest BCUT2D eigenvalue weighted by Crippen LogP contribution is -2.48. The van der Waals surface area contributed by atoms with Crippen LogP contribution in [0, 0.1) is 0 Å². The smallest absolute Gasteiger partial charge is 0.227 e. The molecule has 4 nitrogen and oxygen atoms in total. The van der Waals surface area contributed by atoms with Crippen LogP contribution in [0.2, 0.25) is 0 Å². The van der Waals surface area contributed by atoms with Gasteiger partial charge < -0.3 is 14.2 Å². The average molecular weight is 272 g/mol. The zero-order valence-electron chi connectivity index (χ0n) is 11.8. The van der Waals surface area contributed by atoms with Gasteiger partial charge in [0.2, 0.25) is 5.91 Å². The Labute approximate surface area is 119 Å². The first-order chi connectivity index (χ1) is 9.78. The number of likely N-dealkylation sites (N-methyl/N-ethyl adjacent to an activating group) is 1. The number of hydrogen-bond acceptors (Lipinski definition) is 3. The third kappa shape index (κ3) is 2.56. The summed E-state index contributed by atoms with van der Waals surface area (Å²) in [4.78, 5) is 16.7. The molecule has 20 heavy (non-hydrogen) atoms. The molecule has 1 fully saturated rings. The molecule has 0 spiro atoms. The van der Waals surface area contributed by atoms with Crippen LogP contribution in [-0.2, 0) is 11.2 Å². The quantitative estimate of drug-likeness (QED) is 0.859. The van der Waals surface area contributed by atoms with E-state index in [0.29, 0.717) is 6.42 Å². The van der Waals surface area contributed by atoms with E-state index in [4.69, 9.17) is 4.42 Å². The van der Waals surface area contributed by atoms with E-state index < -0.39 is 0 Å². The van der Waals surface area contributed by atoms with Crippen LogP contribution in [0.4, 0.5) is 0 Å². The third-order valence-electron chi connectivity index (χ3n) is 4.08. The molecular weight excluding hydrogens is 252 g/mol. The van der Waals surface area contributed by atoms with Gasteiger partial charge in [-0.1, -0.05) is 25.1 Å². The highest BCUT2D eigenvalue weighted by molar-refractivity contribution is 5.87. The van der Waals surface area contributed by atoms with E-state index in [1.165, 1.54) is 0 Å². The molecule has 106 valence electrons. The molecule has 0 unspecified atom stereocenters. The second-order valence-electron chi connectivity index (χ2n) is 5.25. The summed E-state index contributed by atoms with van der Waals surface area (Å²) in [5.74, 6) is 0.201. The summed E-state index contributed by atoms with van der Waals surface area (Å²) >= 11 is 0. The molecule has 0 aliphatic carbocycles. The van der Waals surface area contributed by atoms with Crippen molar-refractivity contribution in [2.75, 3.05) is 32.7 Å². The minimum atomic E-state index is 0.201. The Balaban J connectivity index is 1.67. The van der Waals surface area contributed by atoms with Gasteiger partial charge in [0.15, 0.2) is 0 Å². The number of furan rings is 1. The van der Waals surface area contributed by atoms with Crippen LogP contribution in [0.3, 0.4) is 0 Å². The highest BCUT2D eigenvalue weighted by atomic mass is 16.3. The maximum Gasteiger partial charge on any atom is 0.227 e. The monoisotopic (exact) mass is 272 g/mol. The predicted molar refractivity (Wildman–Crippen MR) is 78.6 cm³/mol. The van der Waals surface area contributed by atoms with Gasteiger partial charge in [0.25, 0.3) is 0 Å². The van der Waals surface area contributed by atoms with Crippen molar-refractivity contribution in [2.45, 2.75) is 13.3 Å². The molecular formula is C16H20N2O2. The van der Waals surface area contributed by atoms with E-state index in [-0.39, 0.29) is 5.91 Å². The van der Waals surface area contributed by atoms with Gasteiger partial charge in [-0.05, 0) is 12.6 Å². The van der Waals surface area contributed by atoms with E-state index >= 15 is 0 Å². The zero-order chi connectivity index (χ0) is 13.9. The molecule has 1 aliphatic rings. The molecule has 1 amide bonds. The van der Waals surface area contributed by atoms with Crippen LogP contribution >= 0.6 is 0 Å². The first-order valence-corrected chi connectivity index (χ1v) is 7.23. The largest absolute Gasteiger partial charge is 0.464 e. The second kappa shape index (κ2) is 5.67. The molecule has 1 aromatic heterocycles. The molecule has 1 aromatic carbocycles. The van der Waals surface area contributed by atoms with Crippen molar-refractivity contribution in [3.63, 3.8) is 0 Å². The van der Waals surface area contributed by atoms with Crippen LogP contribution in [0.5, 0.6) is 0 Å². The van der Waals surface area contributed by atoms with Crippen LogP contribution in [0.15, 0.2) is 34.9 Å². The van der Waals surface area contributed by atoms with Crippen LogP contribution < -0.4 is 0 Å². The van der Waals surface area contributed by atoms with Gasteiger partial charge in [-0.25, -0.2) is 0 Å². The summed E-state index contributed by atoms with van der Waals surface area (Å²) < 4.78 is 5.49. The molecule has 1 aliphatic heterocycles. The summed E-state index contributed by atoms with van der Waals surface area (Å²) in [7, 11) is 0. The predicted octanol–water partition coefficient (Wildman–Crippen LogP) is 2.14. The Bertz CT molecular complexity index is 597. The molecule has 2 aromatic rings. The van der Waals surface area contributed by atoms with Gasteiger partial charge in [0.05, 0.1) is 12.7 Å². The highest BCUT2D eigenvalue weighted by Gasteiger charge is 2.21. The Morgan fingerprint density at radius 2 is 1.95 bits per heavy atom. The fourth-order valence-electron chi connectivity index (χ4n) is 2.76. The van der Waals surface area contributed by atoms with Gasteiger partial charge in [0.1, 0.15) is 5.58 Å². The molecule has 1 saturated heterocycles. The summed E-state index contributed by atoms with van der Waals surface area (Å²) in [6.45, 7) is 6.86. The van der Waals surface area contributed by atoms with Crippen molar-refractivity contribution in [2.24, 2.45) is 0 Å². The summed E-state index contributed by atoms with van der Waals surface area (Å²) in [5, 5.41) is 1.05. The fraction of sp³-hybridized carbons (Fsp3) is 0.438. The van der Waals surface area contributed by atoms with Crippen molar-refractivity contribution < 1.29 is 9.21 Å². The van der Waals surface area contributed by atoms with Crippen molar-refractivity contribution in [1.29, 1.82) is 0 Å². The van der Waals surface area contributed by atoms with E-state index in [1.807, 2.05) is 29.2 Å². The number of fused-ring (bicyclic) bond motifs is 1. The molecule has 0 atom stereocenters. The van der Waals surface area contributed by atoms with Crippen molar-refractivity contribution in [3.8, 4) is 0 Å². The lowest BCUT2D eigenvalue weighted by atomic mass is 10.1. The minimum absolute atomic E-state index is 0.201. The lowest BCUT2D eigenvalue weighted by molar-refractivity contribution is -0.132. The summed E-state index contributed by atoms with van der Waals surface area (Å²) in [6.07, 6.45) is 2.15. The number of carbonyl (C=O) groups excluding carboxylic acids is 1. The number of hydrogen-bond donors (Lipinski definition) is 0. The van der Waals surface area contributed by atoms with Gasteiger partial charge in [-0.3, -0.25) is 4.79 Å². The number of benzene rings is 1. The van der Waals surface area contributed by atoms with Gasteiger partial charge in [-0.2, -0.15) is 0 Å². The first kappa shape index (κ1) is 13.2. The minimum Gasteiger partial charge on any atom is -0.464 e. The Kier molecular flexibility index (Phi) is 3.74. The van der Waals surface area contributed by atoms with Gasteiger partial charge in [0, 0.05) is 37.1 Å². The van der Waals surface area contributed by atoms with Crippen LogP contribution in [0.25, 0.3) is 11.0 Å². The maximum atomic E-state index is 12.4. The highest BCUT2D eigenvalue weighted by Crippen LogP contribution is 2.21. The molecule has 0 saturated carbocycles. The van der Waals surface area contributed by atoms with Gasteiger partial charge in [-0.15, -0.1) is 0 Å². The number of para-hydroxylation sites is 1. The van der Waals surface area contributed by atoms with E-state index in [0.717, 1.165) is 49.3 Å². The average Bonchev–Trinajstić information content (AvgIpc) is 2.91. The summed E-state index contributed by atoms with van der Waals surface area (Å²) in [6, 6.07) is 7.87. The fourth-order valence-corrected chi connectivity index (χ4v) is 2.76. The lowest BCUT2D eigenvalue weighted by Gasteiger charge is -2.34. The van der Waals surface area contributed by atoms with Crippen molar-refractivity contribution >= 4 is 16.9 Å². The second-order valence-corrected chi connectivity index (χ2v) is 5.25. The van der Waals surface area contributed by atoms with Crippen molar-refractivity contribution in [3.05, 3.63) is 36.1 Å². The topological polar surface area (TPSA) is 36.7 Å². The number of amides is 1. The molecule has 3 rings (SSSR count).